The van der Waals surface area contributed by atoms with Gasteiger partial charge in [0, 0.05) is 25.0 Å². The molecule has 5 heteroatoms. The molecule has 0 saturated heterocycles. The van der Waals surface area contributed by atoms with Crippen molar-refractivity contribution in [2.24, 2.45) is 0 Å². The van der Waals surface area contributed by atoms with E-state index in [4.69, 9.17) is 15.6 Å². The maximum absolute atomic E-state index is 8.60. The second kappa shape index (κ2) is 5.50. The molecule has 0 amide bonds. The molecule has 84 valence electrons. The van der Waals surface area contributed by atoms with E-state index in [-0.39, 0.29) is 12.5 Å². The average Bonchev–Trinajstić information content (AvgIpc) is 2.17. The number of rotatable bonds is 5. The molecule has 0 atom stereocenters. The first-order valence-corrected chi connectivity index (χ1v) is 5.01. The minimum Gasteiger partial charge on any atom is -0.477 e. The van der Waals surface area contributed by atoms with Gasteiger partial charge in [0.25, 0.3) is 0 Å². The van der Waals surface area contributed by atoms with E-state index in [2.05, 4.69) is 9.97 Å². The Kier molecular flexibility index (Phi) is 4.30. The van der Waals surface area contributed by atoms with E-state index >= 15 is 0 Å². The molecule has 0 bridgehead atoms. The van der Waals surface area contributed by atoms with Crippen LogP contribution in [-0.4, -0.2) is 28.3 Å². The number of nitrogens with two attached hydrogens (primary N) is 1. The lowest BCUT2D eigenvalue weighted by molar-refractivity contribution is 0.228. The van der Waals surface area contributed by atoms with Gasteiger partial charge in [-0.1, -0.05) is 13.8 Å². The molecule has 0 unspecified atom stereocenters. The van der Waals surface area contributed by atoms with E-state index in [0.29, 0.717) is 30.5 Å². The highest BCUT2D eigenvalue weighted by Crippen LogP contribution is 2.16. The van der Waals surface area contributed by atoms with E-state index in [1.807, 2.05) is 13.8 Å². The quantitative estimate of drug-likeness (QED) is 0.708. The van der Waals surface area contributed by atoms with Crippen LogP contribution >= 0.6 is 0 Å². The smallest absolute Gasteiger partial charge is 0.218 e. The molecule has 0 aliphatic rings. The van der Waals surface area contributed by atoms with Gasteiger partial charge in [0.1, 0.15) is 11.6 Å². The summed E-state index contributed by atoms with van der Waals surface area (Å²) in [6, 6.07) is 1.59. The molecule has 0 saturated carbocycles. The second-order valence-corrected chi connectivity index (χ2v) is 3.57. The van der Waals surface area contributed by atoms with Crippen molar-refractivity contribution in [1.82, 2.24) is 9.97 Å². The molecule has 1 aromatic heterocycles. The normalized spacial score (nSPS) is 10.7. The van der Waals surface area contributed by atoms with Crippen LogP contribution in [0, 0.1) is 0 Å². The van der Waals surface area contributed by atoms with Gasteiger partial charge >= 0.3 is 0 Å². The number of ether oxygens (including phenoxy) is 1. The van der Waals surface area contributed by atoms with Gasteiger partial charge < -0.3 is 15.6 Å². The number of aromatic nitrogens is 2. The number of nitrogen functional groups attached to an aromatic ring is 1. The lowest BCUT2D eigenvalue weighted by Gasteiger charge is -2.08. The van der Waals surface area contributed by atoms with E-state index in [9.17, 15) is 0 Å². The largest absolute Gasteiger partial charge is 0.477 e. The van der Waals surface area contributed by atoms with Crippen LogP contribution in [0.2, 0.25) is 0 Å². The summed E-state index contributed by atoms with van der Waals surface area (Å²) in [6.45, 7) is 4.53. The Balaban J connectivity index is 2.71. The predicted octanol–water partition coefficient (Wildman–Crippen LogP) is 0.943. The fraction of sp³-hybridized carbons (Fsp3) is 0.600. The molecule has 5 nitrogen and oxygen atoms in total. The lowest BCUT2D eigenvalue weighted by Crippen LogP contribution is -2.06. The minimum absolute atomic E-state index is 0.109. The molecular formula is C10H17N3O2. The fourth-order valence-corrected chi connectivity index (χ4v) is 1.03. The number of nitrogens with zero attached hydrogens (tertiary/aromatic N) is 2. The Morgan fingerprint density at radius 1 is 1.47 bits per heavy atom. The predicted molar refractivity (Wildman–Crippen MR) is 57.7 cm³/mol. The van der Waals surface area contributed by atoms with Crippen molar-refractivity contribution in [1.29, 1.82) is 0 Å². The van der Waals surface area contributed by atoms with Crippen LogP contribution in [0.15, 0.2) is 6.07 Å². The first kappa shape index (κ1) is 11.7. The zero-order chi connectivity index (χ0) is 11.3. The van der Waals surface area contributed by atoms with E-state index in [1.54, 1.807) is 6.07 Å². The van der Waals surface area contributed by atoms with E-state index in [1.165, 1.54) is 0 Å². The van der Waals surface area contributed by atoms with Gasteiger partial charge in [-0.2, -0.15) is 4.98 Å². The van der Waals surface area contributed by atoms with Crippen molar-refractivity contribution in [3.63, 3.8) is 0 Å². The summed E-state index contributed by atoms with van der Waals surface area (Å²) in [7, 11) is 0. The van der Waals surface area contributed by atoms with Gasteiger partial charge in [0.2, 0.25) is 5.88 Å². The van der Waals surface area contributed by atoms with Crippen LogP contribution in [0.1, 0.15) is 32.0 Å². The summed E-state index contributed by atoms with van der Waals surface area (Å²) in [5, 5.41) is 8.60. The van der Waals surface area contributed by atoms with Crippen LogP contribution < -0.4 is 10.5 Å². The Bertz CT molecular complexity index is 316. The monoisotopic (exact) mass is 211 g/mol. The topological polar surface area (TPSA) is 81.3 Å². The molecule has 3 N–H and O–H groups in total. The van der Waals surface area contributed by atoms with Crippen molar-refractivity contribution in [3.8, 4) is 5.88 Å². The number of aliphatic hydroxyl groups excluding tert-OH is 1. The molecule has 0 aliphatic carbocycles. The second-order valence-electron chi connectivity index (χ2n) is 3.57. The van der Waals surface area contributed by atoms with Crippen LogP contribution in [0.25, 0.3) is 0 Å². The number of anilines is 1. The first-order valence-electron chi connectivity index (χ1n) is 5.01. The summed E-state index contributed by atoms with van der Waals surface area (Å²) in [6.07, 6.45) is 0.584. The lowest BCUT2D eigenvalue weighted by atomic mass is 10.2. The minimum atomic E-state index is 0.109. The SMILES string of the molecule is CC(C)c1nc(N)cc(OCCCO)n1. The standard InChI is InChI=1S/C10H17N3O2/c1-7(2)10-12-8(11)6-9(13-10)15-5-3-4-14/h6-7,14H,3-5H2,1-2H3,(H2,11,12,13). The molecule has 0 spiro atoms. The zero-order valence-corrected chi connectivity index (χ0v) is 9.10. The van der Waals surface area contributed by atoms with Gasteiger partial charge in [-0.3, -0.25) is 0 Å². The van der Waals surface area contributed by atoms with Crippen molar-refractivity contribution in [2.75, 3.05) is 18.9 Å². The van der Waals surface area contributed by atoms with Crippen LogP contribution in [0.5, 0.6) is 5.88 Å². The third kappa shape index (κ3) is 3.71. The van der Waals surface area contributed by atoms with E-state index < -0.39 is 0 Å². The number of aliphatic hydroxyl groups is 1. The average molecular weight is 211 g/mol. The Labute approximate surface area is 89.3 Å². The summed E-state index contributed by atoms with van der Waals surface area (Å²) in [4.78, 5) is 8.31. The Morgan fingerprint density at radius 2 is 2.20 bits per heavy atom. The maximum atomic E-state index is 8.60. The highest BCUT2D eigenvalue weighted by atomic mass is 16.5. The highest BCUT2D eigenvalue weighted by molar-refractivity contribution is 5.33. The summed E-state index contributed by atoms with van der Waals surface area (Å²) in [5.41, 5.74) is 5.62. The molecule has 1 aromatic rings. The molecule has 0 aliphatic heterocycles. The van der Waals surface area contributed by atoms with E-state index in [0.717, 1.165) is 0 Å². The van der Waals surface area contributed by atoms with Crippen molar-refractivity contribution >= 4 is 5.82 Å². The molecule has 0 fully saturated rings. The van der Waals surface area contributed by atoms with Crippen LogP contribution in [-0.2, 0) is 0 Å². The fourth-order valence-electron chi connectivity index (χ4n) is 1.03. The highest BCUT2D eigenvalue weighted by Gasteiger charge is 2.06. The molecule has 1 rings (SSSR count). The molecule has 1 heterocycles. The molecule has 0 aromatic carbocycles. The van der Waals surface area contributed by atoms with Crippen molar-refractivity contribution in [3.05, 3.63) is 11.9 Å². The van der Waals surface area contributed by atoms with Crippen molar-refractivity contribution in [2.45, 2.75) is 26.2 Å². The summed E-state index contributed by atoms with van der Waals surface area (Å²) < 4.78 is 5.33. The third-order valence-corrected chi connectivity index (χ3v) is 1.81. The van der Waals surface area contributed by atoms with Crippen LogP contribution in [0.3, 0.4) is 0 Å². The van der Waals surface area contributed by atoms with Gasteiger partial charge in [-0.05, 0) is 0 Å². The van der Waals surface area contributed by atoms with Gasteiger partial charge in [-0.25, -0.2) is 4.98 Å². The number of hydrogen-bond donors (Lipinski definition) is 2. The zero-order valence-electron chi connectivity index (χ0n) is 9.10. The number of hydrogen-bond acceptors (Lipinski definition) is 5. The van der Waals surface area contributed by atoms with Crippen LogP contribution in [0.4, 0.5) is 5.82 Å². The Hall–Kier alpha value is -1.36. The van der Waals surface area contributed by atoms with Gasteiger partial charge in [0.15, 0.2) is 0 Å². The maximum Gasteiger partial charge on any atom is 0.218 e. The Morgan fingerprint density at radius 3 is 2.80 bits per heavy atom. The van der Waals surface area contributed by atoms with Gasteiger partial charge in [-0.15, -0.1) is 0 Å². The summed E-state index contributed by atoms with van der Waals surface area (Å²) >= 11 is 0. The first-order chi connectivity index (χ1) is 7.13. The molecular weight excluding hydrogens is 194 g/mol. The molecule has 0 radical (unpaired) electrons. The van der Waals surface area contributed by atoms with Gasteiger partial charge in [0.05, 0.1) is 6.61 Å². The summed E-state index contributed by atoms with van der Waals surface area (Å²) in [5.74, 6) is 1.77. The third-order valence-electron chi connectivity index (χ3n) is 1.81. The van der Waals surface area contributed by atoms with Crippen molar-refractivity contribution < 1.29 is 9.84 Å². The molecule has 15 heavy (non-hydrogen) atoms.